The van der Waals surface area contributed by atoms with E-state index >= 15 is 0 Å². The number of aromatic nitrogens is 3. The third kappa shape index (κ3) is 4.81. The van der Waals surface area contributed by atoms with Crippen LogP contribution < -0.4 is 4.74 Å². The first kappa shape index (κ1) is 19.6. The lowest BCUT2D eigenvalue weighted by Crippen LogP contribution is -1.95. The second-order valence-electron chi connectivity index (χ2n) is 6.22. The summed E-state index contributed by atoms with van der Waals surface area (Å²) in [6, 6.07) is 21.2. The van der Waals surface area contributed by atoms with Gasteiger partial charge in [-0.3, -0.25) is 4.79 Å². The van der Waals surface area contributed by atoms with Crippen LogP contribution in [0.15, 0.2) is 81.5 Å². The number of nitrogens with zero attached hydrogens (tertiary/aromatic N) is 3. The van der Waals surface area contributed by atoms with Crippen LogP contribution >= 0.6 is 11.8 Å². The molecule has 2 aromatic carbocycles. The largest absolute Gasteiger partial charge is 0.489 e. The Hall–Kier alpha value is -3.72. The topological polar surface area (TPSA) is 110 Å². The molecule has 0 fully saturated rings. The van der Waals surface area contributed by atoms with E-state index in [1.807, 2.05) is 60.7 Å². The lowest BCUT2D eigenvalue weighted by molar-refractivity contribution is -0.115. The van der Waals surface area contributed by atoms with Crippen LogP contribution in [0, 0.1) is 4.91 Å². The van der Waals surface area contributed by atoms with Gasteiger partial charge in [-0.05, 0) is 29.8 Å². The summed E-state index contributed by atoms with van der Waals surface area (Å²) in [7, 11) is 0. The van der Waals surface area contributed by atoms with Crippen molar-refractivity contribution in [3.63, 3.8) is 0 Å². The predicted octanol–water partition coefficient (Wildman–Crippen LogP) is 4.70. The number of H-pyrrole nitrogens is 1. The Morgan fingerprint density at radius 3 is 2.70 bits per heavy atom. The molecule has 4 aromatic rings. The normalized spacial score (nSPS) is 10.7. The lowest BCUT2D eigenvalue weighted by atomic mass is 10.1. The van der Waals surface area contributed by atoms with E-state index < -0.39 is 5.91 Å². The fourth-order valence-corrected chi connectivity index (χ4v) is 3.26. The molecule has 2 aromatic heterocycles. The van der Waals surface area contributed by atoms with E-state index in [9.17, 15) is 9.70 Å². The average molecular weight is 420 g/mol. The van der Waals surface area contributed by atoms with E-state index in [0.29, 0.717) is 29.1 Å². The van der Waals surface area contributed by atoms with Crippen molar-refractivity contribution in [2.45, 2.75) is 11.8 Å². The summed E-state index contributed by atoms with van der Waals surface area (Å²) in [5.74, 6) is 1.46. The first-order valence-electron chi connectivity index (χ1n) is 9.00. The summed E-state index contributed by atoms with van der Waals surface area (Å²) >= 11 is 1.05. The molecule has 0 atom stereocenters. The molecule has 8 nitrogen and oxygen atoms in total. The van der Waals surface area contributed by atoms with Gasteiger partial charge in [0.2, 0.25) is 0 Å². The summed E-state index contributed by atoms with van der Waals surface area (Å²) in [5, 5.41) is 10.7. The molecule has 0 radical (unpaired) electrons. The molecule has 0 saturated carbocycles. The third-order valence-electron chi connectivity index (χ3n) is 4.11. The van der Waals surface area contributed by atoms with Gasteiger partial charge in [-0.15, -0.1) is 15.1 Å². The van der Waals surface area contributed by atoms with Crippen molar-refractivity contribution in [2.24, 2.45) is 5.18 Å². The second-order valence-corrected chi connectivity index (χ2v) is 7.18. The molecule has 150 valence electrons. The number of benzene rings is 2. The van der Waals surface area contributed by atoms with Gasteiger partial charge in [0.1, 0.15) is 18.1 Å². The molecule has 0 unspecified atom stereocenters. The van der Waals surface area contributed by atoms with Crippen molar-refractivity contribution in [1.82, 2.24) is 15.2 Å². The van der Waals surface area contributed by atoms with E-state index in [2.05, 4.69) is 20.4 Å². The highest BCUT2D eigenvalue weighted by molar-refractivity contribution is 7.99. The number of furan rings is 1. The van der Waals surface area contributed by atoms with Gasteiger partial charge < -0.3 is 14.1 Å². The molecule has 1 amide bonds. The van der Waals surface area contributed by atoms with Crippen LogP contribution in [0.1, 0.15) is 5.56 Å². The minimum absolute atomic E-state index is 0.0999. The standard InChI is InChI=1S/C21H16N4O4S/c26-19(25-27)13-30-21-22-20(23-24-21)18-10-9-17(29-18)15-7-4-8-16(11-15)28-12-14-5-2-1-3-6-14/h1-11H,12-13H2,(H,22,23,24). The van der Waals surface area contributed by atoms with Gasteiger partial charge in [0.15, 0.2) is 16.7 Å². The van der Waals surface area contributed by atoms with Crippen molar-refractivity contribution in [1.29, 1.82) is 0 Å². The van der Waals surface area contributed by atoms with Crippen molar-refractivity contribution in [3.05, 3.63) is 77.2 Å². The van der Waals surface area contributed by atoms with Gasteiger partial charge in [-0.25, -0.2) is 0 Å². The van der Waals surface area contributed by atoms with Gasteiger partial charge in [-0.2, -0.15) is 0 Å². The maximum absolute atomic E-state index is 11.0. The van der Waals surface area contributed by atoms with Gasteiger partial charge in [0.05, 0.1) is 5.75 Å². The smallest absolute Gasteiger partial charge is 0.296 e. The van der Waals surface area contributed by atoms with Crippen LogP contribution in [-0.2, 0) is 11.4 Å². The Morgan fingerprint density at radius 2 is 1.87 bits per heavy atom. The molecule has 2 heterocycles. The maximum atomic E-state index is 11.0. The first-order valence-corrected chi connectivity index (χ1v) is 9.99. The lowest BCUT2D eigenvalue weighted by Gasteiger charge is -2.07. The number of carbonyl (C=O) groups excluding carboxylic acids is 1. The maximum Gasteiger partial charge on any atom is 0.296 e. The quantitative estimate of drug-likeness (QED) is 0.325. The summed E-state index contributed by atoms with van der Waals surface area (Å²) in [6.07, 6.45) is 0. The zero-order valence-electron chi connectivity index (χ0n) is 15.6. The molecule has 0 aliphatic carbocycles. The number of hydrogen-bond acceptors (Lipinski definition) is 7. The van der Waals surface area contributed by atoms with Crippen LogP contribution in [0.25, 0.3) is 22.9 Å². The first-order chi connectivity index (χ1) is 14.7. The Kier molecular flexibility index (Phi) is 6.00. The highest BCUT2D eigenvalue weighted by Gasteiger charge is 2.13. The number of hydrogen-bond donors (Lipinski definition) is 1. The molecular formula is C21H16N4O4S. The molecular weight excluding hydrogens is 404 g/mol. The number of amides is 1. The number of nitrogens with one attached hydrogen (secondary N) is 1. The fraction of sp³-hybridized carbons (Fsp3) is 0.0952. The molecule has 0 saturated heterocycles. The average Bonchev–Trinajstić information content (AvgIpc) is 3.47. The van der Waals surface area contributed by atoms with Gasteiger partial charge in [0.25, 0.3) is 5.91 Å². The summed E-state index contributed by atoms with van der Waals surface area (Å²) in [5.41, 5.74) is 1.95. The molecule has 30 heavy (non-hydrogen) atoms. The molecule has 1 N–H and O–H groups in total. The summed E-state index contributed by atoms with van der Waals surface area (Å²) in [6.45, 7) is 0.480. The molecule has 0 bridgehead atoms. The molecule has 4 rings (SSSR count). The number of rotatable bonds is 8. The number of aromatic amines is 1. The SMILES string of the molecule is O=NC(=O)CSc1nnc(-c2ccc(-c3cccc(OCc4ccccc4)c3)o2)[nH]1. The third-order valence-corrected chi connectivity index (χ3v) is 4.96. The molecule has 0 spiro atoms. The van der Waals surface area contributed by atoms with Crippen LogP contribution in [0.2, 0.25) is 0 Å². The van der Waals surface area contributed by atoms with Crippen molar-refractivity contribution < 1.29 is 13.9 Å². The molecule has 0 aliphatic rings. The van der Waals surface area contributed by atoms with E-state index in [0.717, 1.165) is 28.6 Å². The van der Waals surface area contributed by atoms with E-state index in [1.54, 1.807) is 6.07 Å². The van der Waals surface area contributed by atoms with Crippen LogP contribution in [-0.4, -0.2) is 26.8 Å². The summed E-state index contributed by atoms with van der Waals surface area (Å²) < 4.78 is 11.8. The minimum atomic E-state index is -0.757. The number of nitroso groups, excluding NO2 is 1. The van der Waals surface area contributed by atoms with E-state index in [-0.39, 0.29) is 5.75 Å². The van der Waals surface area contributed by atoms with Crippen LogP contribution in [0.3, 0.4) is 0 Å². The van der Waals surface area contributed by atoms with Crippen molar-refractivity contribution in [2.75, 3.05) is 5.75 Å². The van der Waals surface area contributed by atoms with Gasteiger partial charge in [-0.1, -0.05) is 54.2 Å². The second kappa shape index (κ2) is 9.19. The van der Waals surface area contributed by atoms with Crippen molar-refractivity contribution in [3.8, 4) is 28.7 Å². The van der Waals surface area contributed by atoms with Crippen LogP contribution in [0.4, 0.5) is 0 Å². The Morgan fingerprint density at radius 1 is 1.03 bits per heavy atom. The van der Waals surface area contributed by atoms with Crippen LogP contribution in [0.5, 0.6) is 5.75 Å². The Bertz CT molecular complexity index is 1160. The Labute approximate surface area is 175 Å². The molecule has 0 aliphatic heterocycles. The zero-order chi connectivity index (χ0) is 20.8. The zero-order valence-corrected chi connectivity index (χ0v) is 16.5. The minimum Gasteiger partial charge on any atom is -0.489 e. The highest BCUT2D eigenvalue weighted by atomic mass is 32.2. The highest BCUT2D eigenvalue weighted by Crippen LogP contribution is 2.29. The number of ether oxygens (including phenoxy) is 1. The van der Waals surface area contributed by atoms with Gasteiger partial charge in [0, 0.05) is 10.7 Å². The van der Waals surface area contributed by atoms with E-state index in [4.69, 9.17) is 9.15 Å². The summed E-state index contributed by atoms with van der Waals surface area (Å²) in [4.78, 5) is 24.1. The van der Waals surface area contributed by atoms with E-state index in [1.165, 1.54) is 0 Å². The number of thioether (sulfide) groups is 1. The van der Waals surface area contributed by atoms with Crippen molar-refractivity contribution >= 4 is 17.7 Å². The predicted molar refractivity (Wildman–Crippen MR) is 112 cm³/mol. The number of carbonyl (C=O) groups is 1. The van der Waals surface area contributed by atoms with Gasteiger partial charge >= 0.3 is 0 Å². The Balaban J connectivity index is 1.44. The molecule has 9 heteroatoms. The fourth-order valence-electron chi connectivity index (χ4n) is 2.68. The monoisotopic (exact) mass is 420 g/mol.